The van der Waals surface area contributed by atoms with Crippen molar-refractivity contribution in [3.05, 3.63) is 83.7 Å². The molecule has 2 aromatic carbocycles. The Labute approximate surface area is 200 Å². The van der Waals surface area contributed by atoms with Crippen LogP contribution in [0.2, 0.25) is 0 Å². The van der Waals surface area contributed by atoms with E-state index in [-0.39, 0.29) is 24.0 Å². The van der Waals surface area contributed by atoms with E-state index in [1.807, 2.05) is 60.3 Å². The molecule has 0 bridgehead atoms. The van der Waals surface area contributed by atoms with Gasteiger partial charge in [-0.1, -0.05) is 36.4 Å². The Morgan fingerprint density at radius 3 is 2.65 bits per heavy atom. The fourth-order valence-corrected chi connectivity index (χ4v) is 3.10. The maximum atomic E-state index is 10.5. The maximum absolute atomic E-state index is 10.5. The lowest BCUT2D eigenvalue weighted by Gasteiger charge is -2.16. The van der Waals surface area contributed by atoms with Crippen molar-refractivity contribution >= 4 is 29.9 Å². The number of guanidine groups is 1. The monoisotopic (exact) mass is 535 g/mol. The third-order valence-corrected chi connectivity index (χ3v) is 4.70. The molecule has 166 valence electrons. The summed E-state index contributed by atoms with van der Waals surface area (Å²) in [5, 5.41) is 21.3. The van der Waals surface area contributed by atoms with Gasteiger partial charge in [0.05, 0.1) is 26.3 Å². The normalized spacial score (nSPS) is 12.0. The number of aliphatic hydroxyl groups excluding tert-OH is 1. The molecule has 1 atom stereocenters. The topological polar surface area (TPSA) is 83.7 Å². The van der Waals surface area contributed by atoms with Crippen LogP contribution in [-0.2, 0) is 13.1 Å². The number of nitrogens with zero attached hydrogens (tertiary/aromatic N) is 3. The highest BCUT2D eigenvalue weighted by Crippen LogP contribution is 2.18. The average molecular weight is 535 g/mol. The van der Waals surface area contributed by atoms with Gasteiger partial charge in [0, 0.05) is 25.5 Å². The molecule has 3 aromatic rings. The van der Waals surface area contributed by atoms with Crippen molar-refractivity contribution in [3.8, 4) is 5.75 Å². The minimum Gasteiger partial charge on any atom is -0.497 e. The van der Waals surface area contributed by atoms with E-state index in [2.05, 4.69) is 27.9 Å². The van der Waals surface area contributed by atoms with Crippen LogP contribution in [0.25, 0.3) is 0 Å². The number of rotatable bonds is 9. The van der Waals surface area contributed by atoms with Gasteiger partial charge in [0.1, 0.15) is 5.75 Å². The van der Waals surface area contributed by atoms with Crippen LogP contribution in [0, 0.1) is 0 Å². The lowest BCUT2D eigenvalue weighted by atomic mass is 10.1. The molecule has 0 saturated heterocycles. The molecule has 1 heterocycles. The first-order valence-corrected chi connectivity index (χ1v) is 10.1. The van der Waals surface area contributed by atoms with Crippen LogP contribution in [-0.4, -0.2) is 41.0 Å². The number of hydrogen-bond acceptors (Lipinski definition) is 4. The average Bonchev–Trinajstić information content (AvgIpc) is 3.29. The standard InChI is InChI=1S/C23H29N5O2.HI/c1-3-24-23(26-16-22(29)18-10-6-11-21(14-18)30-2)25-15-19-8-4-5-9-20(19)17-28-13-7-12-27-28;/h4-14,22,29H,3,15-17H2,1-2H3,(H2,24,25,26);1H. The summed E-state index contributed by atoms with van der Waals surface area (Å²) >= 11 is 0. The van der Waals surface area contributed by atoms with E-state index in [0.29, 0.717) is 25.6 Å². The SMILES string of the molecule is CCNC(=NCc1ccccc1Cn1cccn1)NCC(O)c1cccc(OC)c1.I. The van der Waals surface area contributed by atoms with Gasteiger partial charge in [0.25, 0.3) is 0 Å². The third-order valence-electron chi connectivity index (χ3n) is 4.70. The van der Waals surface area contributed by atoms with Crippen LogP contribution in [0.15, 0.2) is 72.0 Å². The van der Waals surface area contributed by atoms with Crippen molar-refractivity contribution in [1.29, 1.82) is 0 Å². The first kappa shape index (κ1) is 24.7. The van der Waals surface area contributed by atoms with Gasteiger partial charge in [-0.15, -0.1) is 24.0 Å². The van der Waals surface area contributed by atoms with E-state index >= 15 is 0 Å². The second-order valence-corrected chi connectivity index (χ2v) is 6.84. The molecule has 7 nitrogen and oxygen atoms in total. The molecule has 31 heavy (non-hydrogen) atoms. The molecule has 0 amide bonds. The van der Waals surface area contributed by atoms with Crippen molar-refractivity contribution < 1.29 is 9.84 Å². The largest absolute Gasteiger partial charge is 0.497 e. The predicted molar refractivity (Wildman–Crippen MR) is 134 cm³/mol. The maximum Gasteiger partial charge on any atom is 0.191 e. The molecular weight excluding hydrogens is 505 g/mol. The van der Waals surface area contributed by atoms with Crippen LogP contribution in [0.5, 0.6) is 5.75 Å². The Bertz CT molecular complexity index is 947. The summed E-state index contributed by atoms with van der Waals surface area (Å²) in [5.41, 5.74) is 3.11. The summed E-state index contributed by atoms with van der Waals surface area (Å²) in [6.45, 7) is 4.32. The Hall–Kier alpha value is -2.59. The summed E-state index contributed by atoms with van der Waals surface area (Å²) in [5.74, 6) is 1.38. The third kappa shape index (κ3) is 7.55. The van der Waals surface area contributed by atoms with E-state index in [1.165, 1.54) is 5.56 Å². The molecule has 0 radical (unpaired) electrons. The minimum absolute atomic E-state index is 0. The van der Waals surface area contributed by atoms with Gasteiger partial charge in [-0.05, 0) is 41.8 Å². The van der Waals surface area contributed by atoms with Crippen LogP contribution in [0.3, 0.4) is 0 Å². The molecule has 0 saturated carbocycles. The van der Waals surface area contributed by atoms with Crippen molar-refractivity contribution in [2.75, 3.05) is 20.2 Å². The highest BCUT2D eigenvalue weighted by molar-refractivity contribution is 14.0. The van der Waals surface area contributed by atoms with E-state index in [0.717, 1.165) is 23.4 Å². The summed E-state index contributed by atoms with van der Waals surface area (Å²) in [7, 11) is 1.61. The first-order valence-electron chi connectivity index (χ1n) is 10.1. The number of aromatic nitrogens is 2. The van der Waals surface area contributed by atoms with Crippen LogP contribution in [0.4, 0.5) is 0 Å². The molecule has 3 N–H and O–H groups in total. The zero-order chi connectivity index (χ0) is 21.2. The molecule has 0 spiro atoms. The summed E-state index contributed by atoms with van der Waals surface area (Å²) in [4.78, 5) is 4.70. The molecule has 0 fully saturated rings. The Morgan fingerprint density at radius 1 is 1.13 bits per heavy atom. The highest BCUT2D eigenvalue weighted by atomic mass is 127. The highest BCUT2D eigenvalue weighted by Gasteiger charge is 2.10. The fraction of sp³-hybridized carbons (Fsp3) is 0.304. The number of methoxy groups -OCH3 is 1. The first-order chi connectivity index (χ1) is 14.7. The zero-order valence-electron chi connectivity index (χ0n) is 17.9. The predicted octanol–water partition coefficient (Wildman–Crippen LogP) is 3.35. The molecule has 8 heteroatoms. The quantitative estimate of drug-likeness (QED) is 0.223. The summed E-state index contributed by atoms with van der Waals surface area (Å²) in [6.07, 6.45) is 3.06. The van der Waals surface area contributed by atoms with E-state index in [4.69, 9.17) is 9.73 Å². The number of halogens is 1. The lowest BCUT2D eigenvalue weighted by molar-refractivity contribution is 0.180. The Kier molecular flexibility index (Phi) is 10.3. The minimum atomic E-state index is -0.670. The number of hydrogen-bond donors (Lipinski definition) is 3. The van der Waals surface area contributed by atoms with Crippen LogP contribution < -0.4 is 15.4 Å². The molecule has 0 aliphatic carbocycles. The van der Waals surface area contributed by atoms with Gasteiger partial charge in [-0.2, -0.15) is 5.10 Å². The molecule has 0 aliphatic rings. The zero-order valence-corrected chi connectivity index (χ0v) is 20.2. The van der Waals surface area contributed by atoms with E-state index in [1.54, 1.807) is 13.3 Å². The van der Waals surface area contributed by atoms with Gasteiger partial charge in [-0.3, -0.25) is 4.68 Å². The number of aliphatic imine (C=N–C) groups is 1. The van der Waals surface area contributed by atoms with Gasteiger partial charge >= 0.3 is 0 Å². The van der Waals surface area contributed by atoms with Gasteiger partial charge in [0.2, 0.25) is 0 Å². The van der Waals surface area contributed by atoms with Crippen molar-refractivity contribution in [1.82, 2.24) is 20.4 Å². The second-order valence-electron chi connectivity index (χ2n) is 6.84. The molecule has 0 aliphatic heterocycles. The number of ether oxygens (including phenoxy) is 1. The summed E-state index contributed by atoms with van der Waals surface area (Å²) in [6, 6.07) is 17.6. The van der Waals surface area contributed by atoms with Crippen LogP contribution >= 0.6 is 24.0 Å². The van der Waals surface area contributed by atoms with E-state index in [9.17, 15) is 5.11 Å². The fourth-order valence-electron chi connectivity index (χ4n) is 3.10. The van der Waals surface area contributed by atoms with Gasteiger partial charge < -0.3 is 20.5 Å². The lowest BCUT2D eigenvalue weighted by Crippen LogP contribution is -2.39. The summed E-state index contributed by atoms with van der Waals surface area (Å²) < 4.78 is 7.13. The van der Waals surface area contributed by atoms with Crippen molar-refractivity contribution in [3.63, 3.8) is 0 Å². The molecular formula is C23H30IN5O2. The number of aliphatic hydroxyl groups is 1. The smallest absolute Gasteiger partial charge is 0.191 e. The van der Waals surface area contributed by atoms with Gasteiger partial charge in [-0.25, -0.2) is 4.99 Å². The van der Waals surface area contributed by atoms with Crippen LogP contribution in [0.1, 0.15) is 29.7 Å². The second kappa shape index (κ2) is 13.0. The van der Waals surface area contributed by atoms with Crippen molar-refractivity contribution in [2.45, 2.75) is 26.1 Å². The Balaban J connectivity index is 0.00000341. The van der Waals surface area contributed by atoms with Crippen molar-refractivity contribution in [2.24, 2.45) is 4.99 Å². The number of nitrogens with one attached hydrogen (secondary N) is 2. The van der Waals surface area contributed by atoms with Gasteiger partial charge in [0.15, 0.2) is 5.96 Å². The molecule has 3 rings (SSSR count). The number of benzene rings is 2. The molecule has 1 unspecified atom stereocenters. The van der Waals surface area contributed by atoms with E-state index < -0.39 is 6.10 Å². The Morgan fingerprint density at radius 2 is 1.94 bits per heavy atom. The molecule has 1 aromatic heterocycles.